The van der Waals surface area contributed by atoms with Gasteiger partial charge >= 0.3 is 12.0 Å². The van der Waals surface area contributed by atoms with E-state index in [1.54, 1.807) is 6.07 Å². The second-order valence-electron chi connectivity index (χ2n) is 6.05. The molecule has 0 aromatic heterocycles. The molecule has 1 aliphatic rings. The minimum absolute atomic E-state index is 0.0103. The summed E-state index contributed by atoms with van der Waals surface area (Å²) >= 11 is 12.2. The van der Waals surface area contributed by atoms with Crippen molar-refractivity contribution in [3.63, 3.8) is 0 Å². The van der Waals surface area contributed by atoms with Gasteiger partial charge in [0.2, 0.25) is 0 Å². The van der Waals surface area contributed by atoms with Gasteiger partial charge in [-0.2, -0.15) is 0 Å². The molecule has 2 aromatic carbocycles. The van der Waals surface area contributed by atoms with Crippen LogP contribution >= 0.6 is 23.2 Å². The number of urea groups is 1. The summed E-state index contributed by atoms with van der Waals surface area (Å²) in [6.45, 7) is 0. The van der Waals surface area contributed by atoms with Crippen molar-refractivity contribution in [2.24, 2.45) is 0 Å². The molecular weight excluding hydrogens is 411 g/mol. The van der Waals surface area contributed by atoms with Gasteiger partial charge in [0.05, 0.1) is 11.0 Å². The summed E-state index contributed by atoms with van der Waals surface area (Å²) in [6, 6.07) is 6.22. The average Bonchev–Trinajstić information content (AvgIpc) is 2.60. The van der Waals surface area contributed by atoms with E-state index in [1.807, 2.05) is 0 Å². The maximum Gasteiger partial charge on any atom is 0.326 e. The van der Waals surface area contributed by atoms with E-state index in [0.29, 0.717) is 16.3 Å². The Labute approximate surface area is 168 Å². The second kappa shape index (κ2) is 7.91. The Balaban J connectivity index is 1.86. The number of carboxylic acid groups (broad SMARTS) is 1. The van der Waals surface area contributed by atoms with Crippen LogP contribution in [0.25, 0.3) is 0 Å². The van der Waals surface area contributed by atoms with Crippen molar-refractivity contribution in [2.45, 2.75) is 18.5 Å². The normalized spacial score (nSPS) is 17.8. The highest BCUT2D eigenvalue weighted by Gasteiger charge is 2.33. The maximum atomic E-state index is 12.4. The van der Waals surface area contributed by atoms with Crippen LogP contribution in [0.15, 0.2) is 36.4 Å². The van der Waals surface area contributed by atoms with Gasteiger partial charge in [0.1, 0.15) is 11.7 Å². The van der Waals surface area contributed by atoms with Crippen LogP contribution in [0.3, 0.4) is 0 Å². The van der Waals surface area contributed by atoms with E-state index in [4.69, 9.17) is 23.2 Å². The van der Waals surface area contributed by atoms with Gasteiger partial charge in [-0.25, -0.2) is 9.59 Å². The molecule has 3 rings (SSSR count). The van der Waals surface area contributed by atoms with E-state index in [-0.39, 0.29) is 22.8 Å². The van der Waals surface area contributed by atoms with Gasteiger partial charge in [0.25, 0.3) is 5.69 Å². The minimum Gasteiger partial charge on any atom is -0.480 e. The van der Waals surface area contributed by atoms with Gasteiger partial charge in [0.15, 0.2) is 0 Å². The predicted octanol–water partition coefficient (Wildman–Crippen LogP) is 4.03. The fourth-order valence-corrected chi connectivity index (χ4v) is 3.63. The number of carbonyl (C=O) groups excluding carboxylic acids is 1. The lowest BCUT2D eigenvalue weighted by Crippen LogP contribution is -2.42. The first kappa shape index (κ1) is 19.7. The number of amides is 2. The summed E-state index contributed by atoms with van der Waals surface area (Å²) in [4.78, 5) is 34.3. The van der Waals surface area contributed by atoms with Crippen LogP contribution in [0, 0.1) is 10.1 Å². The van der Waals surface area contributed by atoms with Crippen molar-refractivity contribution >= 4 is 52.3 Å². The zero-order valence-corrected chi connectivity index (χ0v) is 15.6. The molecule has 9 nitrogen and oxygen atoms in total. The molecule has 2 aromatic rings. The molecular formula is C17H14Cl2N4O5. The third-order valence-corrected chi connectivity index (χ3v) is 4.73. The van der Waals surface area contributed by atoms with Crippen LogP contribution in [-0.2, 0) is 4.79 Å². The molecule has 0 fully saturated rings. The number of fused-ring (bicyclic) bond motifs is 1. The number of para-hydroxylation sites is 2. The van der Waals surface area contributed by atoms with Gasteiger partial charge < -0.3 is 21.1 Å². The molecule has 1 aliphatic heterocycles. The molecule has 1 heterocycles. The second-order valence-corrected chi connectivity index (χ2v) is 6.89. The first-order chi connectivity index (χ1) is 13.3. The quantitative estimate of drug-likeness (QED) is 0.432. The summed E-state index contributed by atoms with van der Waals surface area (Å²) in [6.07, 6.45) is 0.0218. The van der Waals surface area contributed by atoms with Crippen molar-refractivity contribution < 1.29 is 19.6 Å². The number of nitro benzene ring substituents is 1. The Morgan fingerprint density at radius 1 is 1.25 bits per heavy atom. The molecule has 0 saturated carbocycles. The van der Waals surface area contributed by atoms with Crippen LogP contribution in [0.4, 0.5) is 21.9 Å². The maximum absolute atomic E-state index is 12.4. The van der Waals surface area contributed by atoms with E-state index < -0.39 is 29.0 Å². The number of hydrogen-bond donors (Lipinski definition) is 4. The van der Waals surface area contributed by atoms with Crippen LogP contribution < -0.4 is 16.0 Å². The fraction of sp³-hybridized carbons (Fsp3) is 0.176. The summed E-state index contributed by atoms with van der Waals surface area (Å²) in [7, 11) is 0. The molecule has 0 spiro atoms. The highest BCUT2D eigenvalue weighted by Crippen LogP contribution is 2.40. The first-order valence-corrected chi connectivity index (χ1v) is 8.81. The molecule has 4 N–H and O–H groups in total. The highest BCUT2D eigenvalue weighted by atomic mass is 35.5. The van der Waals surface area contributed by atoms with Crippen molar-refractivity contribution in [1.29, 1.82) is 0 Å². The number of hydrogen-bond acceptors (Lipinski definition) is 5. The Bertz CT molecular complexity index is 969. The Kier molecular flexibility index (Phi) is 5.57. The molecule has 28 heavy (non-hydrogen) atoms. The number of rotatable bonds is 4. The van der Waals surface area contributed by atoms with Crippen LogP contribution in [0.2, 0.25) is 10.0 Å². The third kappa shape index (κ3) is 4.10. The topological polar surface area (TPSA) is 134 Å². The SMILES string of the molecule is O=C(Nc1ccccc1[N+](=O)[O-])N[C@@H]1C[C@@H](C(=O)O)Nc2cc(Cl)cc(Cl)c21. The lowest BCUT2D eigenvalue weighted by atomic mass is 9.93. The van der Waals surface area contributed by atoms with Crippen molar-refractivity contribution in [3.8, 4) is 0 Å². The number of nitro groups is 1. The molecule has 2 atom stereocenters. The molecule has 11 heteroatoms. The van der Waals surface area contributed by atoms with Crippen LogP contribution in [0.1, 0.15) is 18.0 Å². The largest absolute Gasteiger partial charge is 0.480 e. The third-order valence-electron chi connectivity index (χ3n) is 4.20. The zero-order chi connectivity index (χ0) is 20.4. The first-order valence-electron chi connectivity index (χ1n) is 8.05. The number of halogens is 2. The van der Waals surface area contributed by atoms with Gasteiger partial charge in [0, 0.05) is 33.8 Å². The van der Waals surface area contributed by atoms with Crippen LogP contribution in [-0.4, -0.2) is 28.1 Å². The fourth-order valence-electron chi connectivity index (χ4n) is 3.01. The summed E-state index contributed by atoms with van der Waals surface area (Å²) < 4.78 is 0. The number of benzene rings is 2. The smallest absolute Gasteiger partial charge is 0.326 e. The van der Waals surface area contributed by atoms with Crippen molar-refractivity contribution in [1.82, 2.24) is 5.32 Å². The Morgan fingerprint density at radius 3 is 2.64 bits per heavy atom. The van der Waals surface area contributed by atoms with Gasteiger partial charge in [-0.1, -0.05) is 35.3 Å². The number of carboxylic acids is 1. The number of anilines is 2. The van der Waals surface area contributed by atoms with Gasteiger partial charge in [-0.3, -0.25) is 10.1 Å². The van der Waals surface area contributed by atoms with E-state index in [1.165, 1.54) is 30.3 Å². The van der Waals surface area contributed by atoms with E-state index >= 15 is 0 Å². The summed E-state index contributed by atoms with van der Waals surface area (Å²) in [5.74, 6) is -1.10. The van der Waals surface area contributed by atoms with E-state index in [2.05, 4.69) is 16.0 Å². The van der Waals surface area contributed by atoms with Crippen molar-refractivity contribution in [2.75, 3.05) is 10.6 Å². The molecule has 0 aliphatic carbocycles. The average molecular weight is 425 g/mol. The Hall–Kier alpha value is -3.04. The standard InChI is InChI=1S/C17H14Cl2N4O5/c18-8-5-9(19)15-11(6-8)20-13(16(24)25)7-12(15)22-17(26)21-10-3-1-2-4-14(10)23(27)28/h1-6,12-13,20H,7H2,(H,24,25)(H2,21,22,26)/t12-,13+/m1/s1. The Morgan fingerprint density at radius 2 is 1.96 bits per heavy atom. The van der Waals surface area contributed by atoms with Gasteiger partial charge in [-0.05, 0) is 18.2 Å². The summed E-state index contributed by atoms with van der Waals surface area (Å²) in [5, 5.41) is 28.9. The van der Waals surface area contributed by atoms with Gasteiger partial charge in [-0.15, -0.1) is 0 Å². The number of nitrogens with one attached hydrogen (secondary N) is 3. The van der Waals surface area contributed by atoms with E-state index in [9.17, 15) is 24.8 Å². The molecule has 146 valence electrons. The molecule has 0 saturated heterocycles. The lowest BCUT2D eigenvalue weighted by Gasteiger charge is -2.32. The van der Waals surface area contributed by atoms with Crippen LogP contribution in [0.5, 0.6) is 0 Å². The monoisotopic (exact) mass is 424 g/mol. The highest BCUT2D eigenvalue weighted by molar-refractivity contribution is 6.35. The predicted molar refractivity (Wildman–Crippen MR) is 104 cm³/mol. The number of aliphatic carboxylic acids is 1. The molecule has 0 radical (unpaired) electrons. The zero-order valence-electron chi connectivity index (χ0n) is 14.1. The van der Waals surface area contributed by atoms with Crippen molar-refractivity contribution in [3.05, 3.63) is 62.1 Å². The number of nitrogens with zero attached hydrogens (tertiary/aromatic N) is 1. The molecule has 2 amide bonds. The molecule has 0 unspecified atom stereocenters. The molecule has 0 bridgehead atoms. The van der Waals surface area contributed by atoms with E-state index in [0.717, 1.165) is 0 Å². The minimum atomic E-state index is -1.10. The lowest BCUT2D eigenvalue weighted by molar-refractivity contribution is -0.383. The number of carbonyl (C=O) groups is 2. The summed E-state index contributed by atoms with van der Waals surface area (Å²) in [5.41, 5.74) is 0.626.